The average molecular weight is 521 g/mol. The van der Waals surface area contributed by atoms with Gasteiger partial charge in [-0.15, -0.1) is 0 Å². The van der Waals surface area contributed by atoms with Crippen molar-refractivity contribution in [3.8, 4) is 17.0 Å². The lowest BCUT2D eigenvalue weighted by molar-refractivity contribution is -0.0498. The molecule has 5 rings (SSSR count). The Morgan fingerprint density at radius 3 is 2.86 bits per heavy atom. The highest BCUT2D eigenvalue weighted by Gasteiger charge is 2.39. The zero-order valence-corrected chi connectivity index (χ0v) is 20.4. The minimum absolute atomic E-state index is 0.00181. The van der Waals surface area contributed by atoms with Crippen LogP contribution >= 0.6 is 0 Å². The normalized spacial score (nSPS) is 23.7. The van der Waals surface area contributed by atoms with Gasteiger partial charge < -0.3 is 14.8 Å². The topological polar surface area (TPSA) is 112 Å². The molecule has 0 unspecified atom stereocenters. The number of halogens is 2. The van der Waals surface area contributed by atoms with Gasteiger partial charge in [-0.1, -0.05) is 12.1 Å². The Morgan fingerprint density at radius 1 is 1.33 bits per heavy atom. The number of pyridine rings is 1. The van der Waals surface area contributed by atoms with E-state index in [2.05, 4.69) is 15.0 Å². The van der Waals surface area contributed by atoms with Crippen molar-refractivity contribution in [2.75, 3.05) is 24.7 Å². The molecule has 2 aromatic heterocycles. The molecule has 2 aliphatic rings. The predicted octanol–water partition coefficient (Wildman–Crippen LogP) is 3.36. The van der Waals surface area contributed by atoms with E-state index >= 15 is 0 Å². The van der Waals surface area contributed by atoms with Crippen molar-refractivity contribution in [2.45, 2.75) is 44.4 Å². The number of fused-ring (bicyclic) bond motifs is 1. The third-order valence-corrected chi connectivity index (χ3v) is 8.45. The molecule has 1 N–H and O–H groups in total. The molecule has 9 nitrogen and oxygen atoms in total. The largest absolute Gasteiger partial charge is 0.435 e. The number of nitrogens with one attached hydrogen (secondary N) is 1. The van der Waals surface area contributed by atoms with Crippen LogP contribution in [0.3, 0.4) is 0 Å². The molecule has 4 heterocycles. The number of nitrogens with zero attached hydrogens (tertiary/aromatic N) is 3. The molecular weight excluding hydrogens is 494 g/mol. The minimum Gasteiger partial charge on any atom is -0.435 e. The van der Waals surface area contributed by atoms with Crippen LogP contribution in [0.25, 0.3) is 22.3 Å². The molecule has 2 saturated heterocycles. The maximum absolute atomic E-state index is 13.1. The van der Waals surface area contributed by atoms with Gasteiger partial charge in [-0.05, 0) is 44.4 Å². The third kappa shape index (κ3) is 5.05. The van der Waals surface area contributed by atoms with Gasteiger partial charge >= 0.3 is 6.61 Å². The lowest BCUT2D eigenvalue weighted by atomic mass is 10.0. The second-order valence-corrected chi connectivity index (χ2v) is 11.7. The highest BCUT2D eigenvalue weighted by atomic mass is 32.2. The molecule has 1 aromatic carbocycles. The third-order valence-electron chi connectivity index (χ3n) is 6.54. The first-order valence-corrected chi connectivity index (χ1v) is 13.5. The molecule has 36 heavy (non-hydrogen) atoms. The van der Waals surface area contributed by atoms with Crippen LogP contribution in [0.1, 0.15) is 42.6 Å². The van der Waals surface area contributed by atoms with Crippen LogP contribution in [0.2, 0.25) is 0 Å². The van der Waals surface area contributed by atoms with Gasteiger partial charge in [-0.3, -0.25) is 14.5 Å². The number of amides is 1. The zero-order chi connectivity index (χ0) is 25.5. The van der Waals surface area contributed by atoms with E-state index in [0.29, 0.717) is 41.9 Å². The Morgan fingerprint density at radius 2 is 2.17 bits per heavy atom. The molecule has 192 valence electrons. The summed E-state index contributed by atoms with van der Waals surface area (Å²) in [5.74, 6) is -0.500. The second-order valence-electron chi connectivity index (χ2n) is 9.52. The summed E-state index contributed by atoms with van der Waals surface area (Å²) in [4.78, 5) is 17.6. The summed E-state index contributed by atoms with van der Waals surface area (Å²) < 4.78 is 61.3. The van der Waals surface area contributed by atoms with E-state index in [4.69, 9.17) is 9.84 Å². The quantitative estimate of drug-likeness (QED) is 0.530. The highest BCUT2D eigenvalue weighted by Crippen LogP contribution is 2.33. The van der Waals surface area contributed by atoms with Crippen molar-refractivity contribution in [2.24, 2.45) is 0 Å². The molecule has 1 amide bonds. The molecule has 0 aliphatic carbocycles. The van der Waals surface area contributed by atoms with Crippen LogP contribution in [0.4, 0.5) is 8.78 Å². The van der Waals surface area contributed by atoms with Gasteiger partial charge in [0.25, 0.3) is 5.91 Å². The Labute approximate surface area is 206 Å². The molecule has 12 heteroatoms. The van der Waals surface area contributed by atoms with Gasteiger partial charge in [0, 0.05) is 18.4 Å². The fourth-order valence-electron chi connectivity index (χ4n) is 4.81. The van der Waals surface area contributed by atoms with Crippen molar-refractivity contribution in [3.05, 3.63) is 42.1 Å². The number of benzene rings is 1. The fraction of sp³-hybridized carbons (Fsp3) is 0.458. The molecule has 2 fully saturated rings. The van der Waals surface area contributed by atoms with Crippen LogP contribution in [0.15, 0.2) is 36.5 Å². The Balaban J connectivity index is 1.54. The van der Waals surface area contributed by atoms with Crippen LogP contribution in [0, 0.1) is 0 Å². The highest BCUT2D eigenvalue weighted by molar-refractivity contribution is 7.91. The van der Waals surface area contributed by atoms with Crippen molar-refractivity contribution in [1.29, 1.82) is 0 Å². The summed E-state index contributed by atoms with van der Waals surface area (Å²) in [5.41, 5.74) is 1.53. The molecular formula is C24H26F2N4O5S. The minimum atomic E-state index is -3.19. The number of ether oxygens (including phenoxy) is 2. The van der Waals surface area contributed by atoms with Gasteiger partial charge in [-0.2, -0.15) is 13.9 Å². The number of hydrogen-bond acceptors (Lipinski definition) is 7. The summed E-state index contributed by atoms with van der Waals surface area (Å²) in [6, 6.07) is 7.82. The van der Waals surface area contributed by atoms with Crippen molar-refractivity contribution in [1.82, 2.24) is 20.1 Å². The van der Waals surface area contributed by atoms with E-state index in [9.17, 15) is 22.0 Å². The van der Waals surface area contributed by atoms with Gasteiger partial charge in [0.1, 0.15) is 17.0 Å². The number of hydrogen-bond donors (Lipinski definition) is 1. The van der Waals surface area contributed by atoms with Crippen molar-refractivity contribution < 1.29 is 31.5 Å². The number of sulfone groups is 1. The molecule has 2 atom stereocenters. The lowest BCUT2D eigenvalue weighted by Gasteiger charge is -2.24. The predicted molar refractivity (Wildman–Crippen MR) is 128 cm³/mol. The van der Waals surface area contributed by atoms with Gasteiger partial charge in [0.2, 0.25) is 0 Å². The average Bonchev–Trinajstić information content (AvgIpc) is 3.35. The number of carbonyl (C=O) groups excluding carboxylic acids is 1. The van der Waals surface area contributed by atoms with Crippen LogP contribution in [-0.4, -0.2) is 66.0 Å². The number of rotatable bonds is 6. The van der Waals surface area contributed by atoms with Crippen LogP contribution < -0.4 is 10.1 Å². The second kappa shape index (κ2) is 9.40. The standard InChI is InChI=1S/C24H26F2N4O5S/c1-24(7-9-36(32,33)14-24)28-22(31)16-11-19-21(27-12-16)20(29-30(19)17-5-3-8-34-13-17)15-4-2-6-18(10-15)35-23(25)26/h2,4,6,10-12,17,23H,3,5,7-9,13-14H2,1H3,(H,28,31)/t17-,24+/m1/s1. The number of aromatic nitrogens is 3. The monoisotopic (exact) mass is 520 g/mol. The van der Waals surface area contributed by atoms with Crippen molar-refractivity contribution in [3.63, 3.8) is 0 Å². The maximum Gasteiger partial charge on any atom is 0.387 e. The Kier molecular flexibility index (Phi) is 6.41. The maximum atomic E-state index is 13.1. The number of alkyl halides is 2. The van der Waals surface area contributed by atoms with Crippen LogP contribution in [-0.2, 0) is 14.6 Å². The summed E-state index contributed by atoms with van der Waals surface area (Å²) >= 11 is 0. The summed E-state index contributed by atoms with van der Waals surface area (Å²) in [6.07, 6.45) is 3.42. The van der Waals surface area contributed by atoms with E-state index in [1.165, 1.54) is 18.3 Å². The first-order chi connectivity index (χ1) is 17.1. The Bertz CT molecular complexity index is 1400. The summed E-state index contributed by atoms with van der Waals surface area (Å²) in [5, 5.41) is 7.61. The zero-order valence-electron chi connectivity index (χ0n) is 19.6. The molecule has 0 spiro atoms. The molecule has 2 aliphatic heterocycles. The van der Waals surface area contributed by atoms with E-state index < -0.39 is 27.9 Å². The molecule has 3 aromatic rings. The van der Waals surface area contributed by atoms with Crippen molar-refractivity contribution >= 4 is 26.8 Å². The fourth-order valence-corrected chi connectivity index (χ4v) is 6.90. The van der Waals surface area contributed by atoms with E-state index in [1.54, 1.807) is 29.8 Å². The molecule has 0 bridgehead atoms. The van der Waals surface area contributed by atoms with Crippen LogP contribution in [0.5, 0.6) is 5.75 Å². The summed E-state index contributed by atoms with van der Waals surface area (Å²) in [6.45, 7) is -0.137. The SMILES string of the molecule is C[C@]1(NC(=O)c2cnc3c(-c4cccc(OC(F)F)c4)nn([C@@H]4CCCOC4)c3c2)CCS(=O)(=O)C1. The van der Waals surface area contributed by atoms with Gasteiger partial charge in [-0.25, -0.2) is 8.42 Å². The molecule has 0 saturated carbocycles. The lowest BCUT2D eigenvalue weighted by Crippen LogP contribution is -2.46. The van der Waals surface area contributed by atoms with Gasteiger partial charge in [0.15, 0.2) is 9.84 Å². The van der Waals surface area contributed by atoms with Gasteiger partial charge in [0.05, 0.1) is 40.8 Å². The summed E-state index contributed by atoms with van der Waals surface area (Å²) in [7, 11) is -3.19. The number of carbonyl (C=O) groups is 1. The molecule has 0 radical (unpaired) electrons. The van der Waals surface area contributed by atoms with E-state index in [0.717, 1.165) is 12.8 Å². The van der Waals surface area contributed by atoms with E-state index in [1.807, 2.05) is 0 Å². The first kappa shape index (κ1) is 24.6. The smallest absolute Gasteiger partial charge is 0.387 e. The van der Waals surface area contributed by atoms with E-state index in [-0.39, 0.29) is 28.9 Å². The first-order valence-electron chi connectivity index (χ1n) is 11.7. The Hall–Kier alpha value is -3.12.